The molecule has 6 heteroatoms. The number of nitrogens with zero attached hydrogens (tertiary/aromatic N) is 3. The lowest BCUT2D eigenvalue weighted by Gasteiger charge is -2.16. The molecule has 3 aromatic rings. The predicted molar refractivity (Wildman–Crippen MR) is 99.2 cm³/mol. The number of hydrogen-bond donors (Lipinski definition) is 1. The number of methoxy groups -OCH3 is 1. The Morgan fingerprint density at radius 1 is 1.19 bits per heavy atom. The van der Waals surface area contributed by atoms with Crippen molar-refractivity contribution < 1.29 is 9.53 Å². The molecule has 3 rings (SSSR count). The molecule has 134 valence electrons. The molecule has 0 aliphatic rings. The lowest BCUT2D eigenvalue weighted by Crippen LogP contribution is -2.39. The molecule has 1 unspecified atom stereocenters. The Balaban J connectivity index is 1.64. The van der Waals surface area contributed by atoms with Gasteiger partial charge in [-0.15, -0.1) is 0 Å². The minimum Gasteiger partial charge on any atom is -0.468 e. The number of benzene rings is 1. The normalized spacial score (nSPS) is 11.9. The Labute approximate surface area is 152 Å². The fourth-order valence-corrected chi connectivity index (χ4v) is 2.76. The van der Waals surface area contributed by atoms with E-state index in [4.69, 9.17) is 4.74 Å². The fraction of sp³-hybridized carbons (Fsp3) is 0.250. The number of ether oxygens (including phenoxy) is 1. The van der Waals surface area contributed by atoms with Crippen LogP contribution in [-0.2, 0) is 29.5 Å². The van der Waals surface area contributed by atoms with Gasteiger partial charge >= 0.3 is 5.97 Å². The summed E-state index contributed by atoms with van der Waals surface area (Å²) >= 11 is 0. The van der Waals surface area contributed by atoms with E-state index in [0.29, 0.717) is 13.0 Å². The second-order valence-corrected chi connectivity index (χ2v) is 6.09. The summed E-state index contributed by atoms with van der Waals surface area (Å²) in [7, 11) is 3.26. The molecule has 1 atom stereocenters. The highest BCUT2D eigenvalue weighted by Crippen LogP contribution is 2.17. The van der Waals surface area contributed by atoms with Crippen LogP contribution in [0.2, 0.25) is 0 Å². The monoisotopic (exact) mass is 350 g/mol. The molecule has 2 aromatic heterocycles. The van der Waals surface area contributed by atoms with Gasteiger partial charge in [-0.25, -0.2) is 0 Å². The highest BCUT2D eigenvalue weighted by molar-refractivity contribution is 5.76. The zero-order valence-electron chi connectivity index (χ0n) is 14.9. The van der Waals surface area contributed by atoms with Crippen LogP contribution in [0.4, 0.5) is 0 Å². The third kappa shape index (κ3) is 4.55. The second kappa shape index (κ2) is 8.40. The van der Waals surface area contributed by atoms with Crippen LogP contribution in [-0.4, -0.2) is 33.9 Å². The highest BCUT2D eigenvalue weighted by Gasteiger charge is 2.19. The lowest BCUT2D eigenvalue weighted by atomic mass is 10.1. The summed E-state index contributed by atoms with van der Waals surface area (Å²) in [6, 6.07) is 13.6. The van der Waals surface area contributed by atoms with Crippen LogP contribution in [0.5, 0.6) is 0 Å². The van der Waals surface area contributed by atoms with Gasteiger partial charge in [-0.2, -0.15) is 5.10 Å². The van der Waals surface area contributed by atoms with Crippen LogP contribution in [0.15, 0.2) is 61.1 Å². The van der Waals surface area contributed by atoms with Crippen molar-refractivity contribution in [3.8, 4) is 11.3 Å². The number of esters is 1. The third-order valence-corrected chi connectivity index (χ3v) is 4.15. The van der Waals surface area contributed by atoms with E-state index in [1.54, 1.807) is 17.1 Å². The first-order valence-corrected chi connectivity index (χ1v) is 8.45. The quantitative estimate of drug-likeness (QED) is 0.663. The fourth-order valence-electron chi connectivity index (χ4n) is 2.76. The number of carbonyl (C=O) groups is 1. The van der Waals surface area contributed by atoms with Crippen LogP contribution in [0.3, 0.4) is 0 Å². The molecule has 0 saturated heterocycles. The largest absolute Gasteiger partial charge is 0.468 e. The SMILES string of the molecule is COC(=O)C(Cc1cnn(C)c1)NCc1ccc(-c2ccccn2)cc1. The zero-order chi connectivity index (χ0) is 18.4. The molecule has 6 nitrogen and oxygen atoms in total. The maximum atomic E-state index is 12.1. The molecular weight excluding hydrogens is 328 g/mol. The molecule has 2 heterocycles. The minimum absolute atomic E-state index is 0.279. The summed E-state index contributed by atoms with van der Waals surface area (Å²) in [5.74, 6) is -0.279. The number of rotatable bonds is 7. The van der Waals surface area contributed by atoms with Gasteiger partial charge in [0.15, 0.2) is 0 Å². The van der Waals surface area contributed by atoms with Gasteiger partial charge in [-0.1, -0.05) is 30.3 Å². The molecule has 0 radical (unpaired) electrons. The van der Waals surface area contributed by atoms with Gasteiger partial charge in [0.25, 0.3) is 0 Å². The number of carbonyl (C=O) groups excluding carboxylic acids is 1. The van der Waals surface area contributed by atoms with E-state index in [0.717, 1.165) is 22.4 Å². The molecule has 26 heavy (non-hydrogen) atoms. The molecule has 1 N–H and O–H groups in total. The Hall–Kier alpha value is -2.99. The molecule has 0 spiro atoms. The van der Waals surface area contributed by atoms with Gasteiger partial charge < -0.3 is 10.1 Å². The van der Waals surface area contributed by atoms with E-state index in [9.17, 15) is 4.79 Å². The van der Waals surface area contributed by atoms with Gasteiger partial charge in [-0.05, 0) is 23.3 Å². The number of nitrogens with one attached hydrogen (secondary N) is 1. The highest BCUT2D eigenvalue weighted by atomic mass is 16.5. The maximum Gasteiger partial charge on any atom is 0.323 e. The van der Waals surface area contributed by atoms with Crippen molar-refractivity contribution in [1.29, 1.82) is 0 Å². The van der Waals surface area contributed by atoms with Crippen molar-refractivity contribution in [3.05, 3.63) is 72.2 Å². The first-order chi connectivity index (χ1) is 12.7. The Morgan fingerprint density at radius 3 is 2.62 bits per heavy atom. The number of hydrogen-bond acceptors (Lipinski definition) is 5. The van der Waals surface area contributed by atoms with Crippen molar-refractivity contribution in [1.82, 2.24) is 20.1 Å². The van der Waals surface area contributed by atoms with Crippen molar-refractivity contribution in [3.63, 3.8) is 0 Å². The van der Waals surface area contributed by atoms with Crippen LogP contribution in [0, 0.1) is 0 Å². The Kier molecular flexibility index (Phi) is 5.76. The van der Waals surface area contributed by atoms with E-state index in [2.05, 4.69) is 15.4 Å². The number of pyridine rings is 1. The molecule has 0 aliphatic heterocycles. The van der Waals surface area contributed by atoms with Crippen LogP contribution in [0.25, 0.3) is 11.3 Å². The van der Waals surface area contributed by atoms with Gasteiger partial charge in [0.05, 0.1) is 19.0 Å². The minimum atomic E-state index is -0.417. The van der Waals surface area contributed by atoms with E-state index < -0.39 is 6.04 Å². The van der Waals surface area contributed by atoms with Crippen molar-refractivity contribution in [2.24, 2.45) is 7.05 Å². The van der Waals surface area contributed by atoms with E-state index >= 15 is 0 Å². The van der Waals surface area contributed by atoms with Crippen LogP contribution >= 0.6 is 0 Å². The summed E-state index contributed by atoms with van der Waals surface area (Å²) < 4.78 is 6.64. The standard InChI is InChI=1S/C20H22N4O2/c1-24-14-16(13-23-24)11-19(20(25)26-2)22-12-15-6-8-17(9-7-15)18-5-3-4-10-21-18/h3-10,13-14,19,22H,11-12H2,1-2H3. The summed E-state index contributed by atoms with van der Waals surface area (Å²) in [6.45, 7) is 0.572. The smallest absolute Gasteiger partial charge is 0.323 e. The van der Waals surface area contributed by atoms with Gasteiger partial charge in [0.1, 0.15) is 6.04 Å². The van der Waals surface area contributed by atoms with Crippen molar-refractivity contribution >= 4 is 5.97 Å². The number of aryl methyl sites for hydroxylation is 1. The average molecular weight is 350 g/mol. The topological polar surface area (TPSA) is 69.0 Å². The second-order valence-electron chi connectivity index (χ2n) is 6.09. The number of aromatic nitrogens is 3. The van der Waals surface area contributed by atoms with Gasteiger partial charge in [-0.3, -0.25) is 14.5 Å². The predicted octanol–water partition coefficient (Wildman–Crippen LogP) is 2.36. The van der Waals surface area contributed by atoms with E-state index in [-0.39, 0.29) is 5.97 Å². The Morgan fingerprint density at radius 2 is 2.00 bits per heavy atom. The first kappa shape index (κ1) is 17.8. The molecule has 0 aliphatic carbocycles. The first-order valence-electron chi connectivity index (χ1n) is 8.45. The molecule has 0 amide bonds. The summed E-state index contributed by atoms with van der Waals surface area (Å²) in [5.41, 5.74) is 4.08. The lowest BCUT2D eigenvalue weighted by molar-refractivity contribution is -0.143. The van der Waals surface area contributed by atoms with Crippen molar-refractivity contribution in [2.45, 2.75) is 19.0 Å². The molecule has 0 bridgehead atoms. The molecule has 0 fully saturated rings. The molecule has 1 aromatic carbocycles. The van der Waals surface area contributed by atoms with E-state index in [1.807, 2.05) is 55.7 Å². The van der Waals surface area contributed by atoms with Crippen LogP contribution in [0.1, 0.15) is 11.1 Å². The van der Waals surface area contributed by atoms with Gasteiger partial charge in [0.2, 0.25) is 0 Å². The summed E-state index contributed by atoms with van der Waals surface area (Å²) in [4.78, 5) is 16.4. The summed E-state index contributed by atoms with van der Waals surface area (Å²) in [6.07, 6.45) is 5.98. The average Bonchev–Trinajstić information content (AvgIpc) is 3.10. The van der Waals surface area contributed by atoms with Gasteiger partial charge in [0, 0.05) is 38.0 Å². The third-order valence-electron chi connectivity index (χ3n) is 4.15. The zero-order valence-corrected chi connectivity index (χ0v) is 14.9. The molecular formula is C20H22N4O2. The Bertz CT molecular complexity index is 844. The maximum absolute atomic E-state index is 12.1. The van der Waals surface area contributed by atoms with E-state index in [1.165, 1.54) is 7.11 Å². The summed E-state index contributed by atoms with van der Waals surface area (Å²) in [5, 5.41) is 7.42. The van der Waals surface area contributed by atoms with Crippen molar-refractivity contribution in [2.75, 3.05) is 7.11 Å². The van der Waals surface area contributed by atoms with Crippen LogP contribution < -0.4 is 5.32 Å². The molecule has 0 saturated carbocycles.